The highest BCUT2D eigenvalue weighted by atomic mass is 16.5. The number of hydrogen-bond donors (Lipinski definition) is 0. The summed E-state index contributed by atoms with van der Waals surface area (Å²) < 4.78 is 5.11. The van der Waals surface area contributed by atoms with Crippen LogP contribution in [0.15, 0.2) is 0 Å². The van der Waals surface area contributed by atoms with Crippen molar-refractivity contribution in [3.8, 4) is 0 Å². The van der Waals surface area contributed by atoms with Gasteiger partial charge in [-0.1, -0.05) is 0 Å². The highest BCUT2D eigenvalue weighted by molar-refractivity contribution is 5.82. The van der Waals surface area contributed by atoms with Crippen LogP contribution in [0.2, 0.25) is 0 Å². The fourth-order valence-corrected chi connectivity index (χ4v) is 3.17. The van der Waals surface area contributed by atoms with E-state index in [1.165, 1.54) is 0 Å². The molecule has 2 rings (SSSR count). The Hall–Kier alpha value is -1.10. The van der Waals surface area contributed by atoms with Gasteiger partial charge in [0.25, 0.3) is 0 Å². The highest BCUT2D eigenvalue weighted by Gasteiger charge is 2.33. The third kappa shape index (κ3) is 3.51. The zero-order valence-corrected chi connectivity index (χ0v) is 12.6. The lowest BCUT2D eigenvalue weighted by Gasteiger charge is -2.36. The van der Waals surface area contributed by atoms with Crippen LogP contribution in [0.5, 0.6) is 0 Å². The zero-order valence-electron chi connectivity index (χ0n) is 12.6. The number of carbonyl (C=O) groups is 2. The van der Waals surface area contributed by atoms with E-state index in [2.05, 4.69) is 4.90 Å². The van der Waals surface area contributed by atoms with Gasteiger partial charge in [0.2, 0.25) is 5.91 Å². The van der Waals surface area contributed by atoms with Crippen LogP contribution in [-0.4, -0.2) is 60.5 Å². The van der Waals surface area contributed by atoms with Crippen molar-refractivity contribution in [2.75, 3.05) is 32.8 Å². The van der Waals surface area contributed by atoms with Crippen molar-refractivity contribution in [3.05, 3.63) is 0 Å². The van der Waals surface area contributed by atoms with Crippen LogP contribution < -0.4 is 0 Å². The van der Waals surface area contributed by atoms with Gasteiger partial charge in [0, 0.05) is 19.6 Å². The molecular weight excluding hydrogens is 256 g/mol. The Morgan fingerprint density at radius 3 is 2.55 bits per heavy atom. The predicted molar refractivity (Wildman–Crippen MR) is 76.2 cm³/mol. The molecule has 0 aliphatic carbocycles. The van der Waals surface area contributed by atoms with E-state index < -0.39 is 0 Å². The molecule has 2 aliphatic heterocycles. The number of nitrogens with zero attached hydrogens (tertiary/aromatic N) is 2. The van der Waals surface area contributed by atoms with Crippen LogP contribution in [0.3, 0.4) is 0 Å². The molecule has 5 nitrogen and oxygen atoms in total. The van der Waals surface area contributed by atoms with Gasteiger partial charge in [0.1, 0.15) is 0 Å². The van der Waals surface area contributed by atoms with Gasteiger partial charge in [-0.25, -0.2) is 0 Å². The Bertz CT molecular complexity index is 353. The molecule has 2 atom stereocenters. The second-order valence-electron chi connectivity index (χ2n) is 5.79. The normalized spacial score (nSPS) is 25.5. The first-order chi connectivity index (χ1) is 9.63. The monoisotopic (exact) mass is 282 g/mol. The number of ether oxygens (including phenoxy) is 1. The molecule has 5 heteroatoms. The predicted octanol–water partition coefficient (Wildman–Crippen LogP) is 1.27. The summed E-state index contributed by atoms with van der Waals surface area (Å²) in [6.07, 6.45) is 4.06. The molecule has 1 amide bonds. The van der Waals surface area contributed by atoms with Gasteiger partial charge in [-0.3, -0.25) is 14.5 Å². The van der Waals surface area contributed by atoms with Gasteiger partial charge in [-0.15, -0.1) is 0 Å². The fourth-order valence-electron chi connectivity index (χ4n) is 3.17. The maximum Gasteiger partial charge on any atom is 0.310 e. The molecule has 114 valence electrons. The Morgan fingerprint density at radius 2 is 1.90 bits per heavy atom. The van der Waals surface area contributed by atoms with Gasteiger partial charge in [-0.2, -0.15) is 0 Å². The summed E-state index contributed by atoms with van der Waals surface area (Å²) in [6.45, 7) is 7.55. The van der Waals surface area contributed by atoms with Crippen LogP contribution in [0.4, 0.5) is 0 Å². The number of esters is 1. The summed E-state index contributed by atoms with van der Waals surface area (Å²) in [5.74, 6) is 0.0301. The molecule has 0 bridgehead atoms. The van der Waals surface area contributed by atoms with Crippen molar-refractivity contribution in [3.63, 3.8) is 0 Å². The number of hydrogen-bond acceptors (Lipinski definition) is 4. The summed E-state index contributed by atoms with van der Waals surface area (Å²) >= 11 is 0. The fraction of sp³-hybridized carbons (Fsp3) is 0.867. The molecule has 0 spiro atoms. The third-order valence-electron chi connectivity index (χ3n) is 4.40. The molecule has 0 saturated carbocycles. The Balaban J connectivity index is 1.90. The SMILES string of the molecule is CCOC(=O)[C@H]1CCCN(C(C)C(=O)N2CCCC2)C1. The van der Waals surface area contributed by atoms with E-state index in [1.807, 2.05) is 18.7 Å². The van der Waals surface area contributed by atoms with Crippen LogP contribution in [0.1, 0.15) is 39.5 Å². The maximum atomic E-state index is 12.4. The number of likely N-dealkylation sites (tertiary alicyclic amines) is 2. The zero-order chi connectivity index (χ0) is 14.5. The van der Waals surface area contributed by atoms with Crippen molar-refractivity contribution in [1.82, 2.24) is 9.80 Å². The maximum absolute atomic E-state index is 12.4. The van der Waals surface area contributed by atoms with Crippen LogP contribution >= 0.6 is 0 Å². The average molecular weight is 282 g/mol. The van der Waals surface area contributed by atoms with Gasteiger partial charge in [-0.05, 0) is 46.1 Å². The molecular formula is C15H26N2O3. The van der Waals surface area contributed by atoms with E-state index in [0.29, 0.717) is 13.2 Å². The molecule has 0 aromatic heterocycles. The third-order valence-corrected chi connectivity index (χ3v) is 4.40. The van der Waals surface area contributed by atoms with Gasteiger partial charge in [0.05, 0.1) is 18.6 Å². The molecule has 2 fully saturated rings. The lowest BCUT2D eigenvalue weighted by molar-refractivity contribution is -0.151. The molecule has 1 unspecified atom stereocenters. The molecule has 0 aromatic rings. The smallest absolute Gasteiger partial charge is 0.310 e. The first kappa shape index (κ1) is 15.3. The first-order valence-electron chi connectivity index (χ1n) is 7.83. The minimum atomic E-state index is -0.120. The summed E-state index contributed by atoms with van der Waals surface area (Å²) in [5.41, 5.74) is 0. The van der Waals surface area contributed by atoms with E-state index >= 15 is 0 Å². The quantitative estimate of drug-likeness (QED) is 0.729. The minimum absolute atomic E-state index is 0.0717. The van der Waals surface area contributed by atoms with E-state index in [-0.39, 0.29) is 23.8 Å². The van der Waals surface area contributed by atoms with Crippen molar-refractivity contribution < 1.29 is 14.3 Å². The van der Waals surface area contributed by atoms with E-state index in [4.69, 9.17) is 4.74 Å². The standard InChI is InChI=1S/C15H26N2O3/c1-3-20-15(19)13-7-6-10-17(11-13)12(2)14(18)16-8-4-5-9-16/h12-13H,3-11H2,1-2H3/t12?,13-/m0/s1. The minimum Gasteiger partial charge on any atom is -0.466 e. The van der Waals surface area contributed by atoms with Crippen molar-refractivity contribution >= 4 is 11.9 Å². The van der Waals surface area contributed by atoms with Crippen molar-refractivity contribution in [1.29, 1.82) is 0 Å². The molecule has 20 heavy (non-hydrogen) atoms. The topological polar surface area (TPSA) is 49.9 Å². The molecule has 0 aromatic carbocycles. The van der Waals surface area contributed by atoms with Crippen LogP contribution in [0.25, 0.3) is 0 Å². The Kier molecular flexibility index (Phi) is 5.40. The molecule has 0 N–H and O–H groups in total. The highest BCUT2D eigenvalue weighted by Crippen LogP contribution is 2.21. The van der Waals surface area contributed by atoms with Crippen molar-refractivity contribution in [2.45, 2.75) is 45.6 Å². The second kappa shape index (κ2) is 7.07. The van der Waals surface area contributed by atoms with Crippen LogP contribution in [-0.2, 0) is 14.3 Å². The number of amides is 1. The largest absolute Gasteiger partial charge is 0.466 e. The lowest BCUT2D eigenvalue weighted by Crippen LogP contribution is -2.50. The molecule has 0 radical (unpaired) electrons. The second-order valence-corrected chi connectivity index (χ2v) is 5.79. The van der Waals surface area contributed by atoms with E-state index in [0.717, 1.165) is 45.3 Å². The lowest BCUT2D eigenvalue weighted by atomic mass is 9.97. The first-order valence-corrected chi connectivity index (χ1v) is 7.83. The van der Waals surface area contributed by atoms with Crippen LogP contribution in [0, 0.1) is 5.92 Å². The Labute approximate surface area is 121 Å². The average Bonchev–Trinajstić information content (AvgIpc) is 3.00. The summed E-state index contributed by atoms with van der Waals surface area (Å²) in [6, 6.07) is -0.120. The number of piperidine rings is 1. The summed E-state index contributed by atoms with van der Waals surface area (Å²) in [7, 11) is 0. The molecule has 2 heterocycles. The van der Waals surface area contributed by atoms with Gasteiger partial charge in [0.15, 0.2) is 0 Å². The van der Waals surface area contributed by atoms with Gasteiger partial charge < -0.3 is 9.64 Å². The summed E-state index contributed by atoms with van der Waals surface area (Å²) in [5, 5.41) is 0. The summed E-state index contributed by atoms with van der Waals surface area (Å²) in [4.78, 5) is 28.4. The van der Waals surface area contributed by atoms with E-state index in [9.17, 15) is 9.59 Å². The molecule has 2 aliphatic rings. The molecule has 2 saturated heterocycles. The van der Waals surface area contributed by atoms with E-state index in [1.54, 1.807) is 0 Å². The number of carbonyl (C=O) groups excluding carboxylic acids is 2. The van der Waals surface area contributed by atoms with Crippen molar-refractivity contribution in [2.24, 2.45) is 5.92 Å². The Morgan fingerprint density at radius 1 is 1.20 bits per heavy atom. The van der Waals surface area contributed by atoms with Gasteiger partial charge >= 0.3 is 5.97 Å². The number of rotatable bonds is 4.